The van der Waals surface area contributed by atoms with Crippen LogP contribution in [0.15, 0.2) is 18.2 Å². The summed E-state index contributed by atoms with van der Waals surface area (Å²) in [6.45, 7) is 3.48. The van der Waals surface area contributed by atoms with Crippen LogP contribution in [0.5, 0.6) is 0 Å². The highest BCUT2D eigenvalue weighted by molar-refractivity contribution is 7.88. The fourth-order valence-electron chi connectivity index (χ4n) is 1.26. The Labute approximate surface area is 117 Å². The molecule has 0 saturated carbocycles. The molecule has 2 N–H and O–H groups in total. The molecule has 4 nitrogen and oxygen atoms in total. The van der Waals surface area contributed by atoms with Gasteiger partial charge < -0.3 is 5.11 Å². The fraction of sp³-hybridized carbons (Fsp3) is 0.500. The van der Waals surface area contributed by atoms with Crippen molar-refractivity contribution in [3.05, 3.63) is 34.6 Å². The van der Waals surface area contributed by atoms with E-state index in [2.05, 4.69) is 4.72 Å². The highest BCUT2D eigenvalue weighted by atomic mass is 35.5. The van der Waals surface area contributed by atoms with Gasteiger partial charge in [0.2, 0.25) is 10.0 Å². The minimum atomic E-state index is -3.55. The maximum Gasteiger partial charge on any atom is 0.215 e. The van der Waals surface area contributed by atoms with Crippen LogP contribution < -0.4 is 4.72 Å². The number of nitrogens with one attached hydrogen (secondary N) is 1. The van der Waals surface area contributed by atoms with Gasteiger partial charge in [0.15, 0.2) is 0 Å². The molecule has 0 atom stereocenters. The van der Waals surface area contributed by atoms with Crippen LogP contribution in [-0.2, 0) is 15.8 Å². The quantitative estimate of drug-likeness (QED) is 0.843. The molecule has 1 aromatic rings. The van der Waals surface area contributed by atoms with E-state index < -0.39 is 21.3 Å². The maximum absolute atomic E-state index is 13.0. The number of rotatable bonds is 6. The van der Waals surface area contributed by atoms with Gasteiger partial charge in [-0.15, -0.1) is 0 Å². The van der Waals surface area contributed by atoms with Gasteiger partial charge in [-0.3, -0.25) is 0 Å². The standard InChI is InChI=1S/C12H17ClFNO3S/c1-12(2,8-16)7-15-19(17,18)6-9-3-4-11(14)10(13)5-9/h3-5,15-16H,6-8H2,1-2H3. The van der Waals surface area contributed by atoms with Crippen molar-refractivity contribution in [3.63, 3.8) is 0 Å². The van der Waals surface area contributed by atoms with E-state index in [0.29, 0.717) is 5.56 Å². The van der Waals surface area contributed by atoms with Gasteiger partial charge in [-0.25, -0.2) is 17.5 Å². The largest absolute Gasteiger partial charge is 0.396 e. The first kappa shape index (κ1) is 16.4. The molecular formula is C12H17ClFNO3S. The van der Waals surface area contributed by atoms with Gasteiger partial charge in [0.1, 0.15) is 5.82 Å². The molecule has 0 aliphatic carbocycles. The van der Waals surface area contributed by atoms with Crippen LogP contribution in [0.1, 0.15) is 19.4 Å². The van der Waals surface area contributed by atoms with Crippen molar-refractivity contribution < 1.29 is 17.9 Å². The number of aliphatic hydroxyl groups is 1. The molecule has 19 heavy (non-hydrogen) atoms. The molecule has 0 amide bonds. The molecule has 0 spiro atoms. The average molecular weight is 310 g/mol. The monoisotopic (exact) mass is 309 g/mol. The lowest BCUT2D eigenvalue weighted by Crippen LogP contribution is -2.36. The van der Waals surface area contributed by atoms with Crippen LogP contribution in [0.2, 0.25) is 5.02 Å². The Kier molecular flexibility index (Phi) is 5.32. The molecule has 0 aromatic heterocycles. The highest BCUT2D eigenvalue weighted by Crippen LogP contribution is 2.18. The summed E-state index contributed by atoms with van der Waals surface area (Å²) in [6.07, 6.45) is 0. The Morgan fingerprint density at radius 3 is 2.58 bits per heavy atom. The van der Waals surface area contributed by atoms with Crippen molar-refractivity contribution in [1.29, 1.82) is 0 Å². The Morgan fingerprint density at radius 2 is 2.05 bits per heavy atom. The molecule has 0 unspecified atom stereocenters. The third-order valence-corrected chi connectivity index (χ3v) is 4.13. The van der Waals surface area contributed by atoms with Crippen LogP contribution in [-0.4, -0.2) is 26.7 Å². The molecule has 0 aliphatic rings. The number of benzene rings is 1. The van der Waals surface area contributed by atoms with E-state index in [9.17, 15) is 12.8 Å². The number of halogens is 2. The molecule has 0 heterocycles. The molecule has 7 heteroatoms. The van der Waals surface area contributed by atoms with E-state index in [4.69, 9.17) is 16.7 Å². The highest BCUT2D eigenvalue weighted by Gasteiger charge is 2.20. The van der Waals surface area contributed by atoms with Gasteiger partial charge in [0.05, 0.1) is 10.8 Å². The third kappa shape index (κ3) is 5.44. The predicted molar refractivity (Wildman–Crippen MR) is 72.9 cm³/mol. The SMILES string of the molecule is CC(C)(CO)CNS(=O)(=O)Cc1ccc(F)c(Cl)c1. The van der Waals surface area contributed by atoms with Gasteiger partial charge in [-0.2, -0.15) is 0 Å². The first-order chi connectivity index (χ1) is 8.65. The summed E-state index contributed by atoms with van der Waals surface area (Å²) in [5.74, 6) is -0.869. The Morgan fingerprint density at radius 1 is 1.42 bits per heavy atom. The van der Waals surface area contributed by atoms with Crippen LogP contribution in [0.4, 0.5) is 4.39 Å². The number of hydrogen-bond acceptors (Lipinski definition) is 3. The molecule has 108 valence electrons. The van der Waals surface area contributed by atoms with E-state index in [1.807, 2.05) is 0 Å². The van der Waals surface area contributed by atoms with Crippen LogP contribution >= 0.6 is 11.6 Å². The zero-order chi connectivity index (χ0) is 14.7. The van der Waals surface area contributed by atoms with E-state index in [1.54, 1.807) is 13.8 Å². The second-order valence-electron chi connectivity index (χ2n) is 5.15. The van der Waals surface area contributed by atoms with Crippen LogP contribution in [0, 0.1) is 11.2 Å². The second-order valence-corrected chi connectivity index (χ2v) is 7.37. The lowest BCUT2D eigenvalue weighted by Gasteiger charge is -2.21. The molecule has 1 aromatic carbocycles. The van der Waals surface area contributed by atoms with Gasteiger partial charge in [-0.05, 0) is 17.7 Å². The molecule has 0 fully saturated rings. The van der Waals surface area contributed by atoms with E-state index in [1.165, 1.54) is 12.1 Å². The first-order valence-corrected chi connectivity index (χ1v) is 7.70. The van der Waals surface area contributed by atoms with Crippen molar-refractivity contribution in [2.45, 2.75) is 19.6 Å². The van der Waals surface area contributed by atoms with Crippen molar-refractivity contribution in [2.75, 3.05) is 13.2 Å². The fourth-order valence-corrected chi connectivity index (χ4v) is 2.80. The first-order valence-electron chi connectivity index (χ1n) is 5.67. The lowest BCUT2D eigenvalue weighted by atomic mass is 9.96. The van der Waals surface area contributed by atoms with Gasteiger partial charge >= 0.3 is 0 Å². The third-order valence-electron chi connectivity index (χ3n) is 2.54. The van der Waals surface area contributed by atoms with E-state index in [0.717, 1.165) is 6.07 Å². The van der Waals surface area contributed by atoms with Crippen LogP contribution in [0.25, 0.3) is 0 Å². The zero-order valence-electron chi connectivity index (χ0n) is 10.8. The normalized spacial score (nSPS) is 12.7. The maximum atomic E-state index is 13.0. The summed E-state index contributed by atoms with van der Waals surface area (Å²) in [5, 5.41) is 8.95. The van der Waals surface area contributed by atoms with Crippen molar-refractivity contribution in [3.8, 4) is 0 Å². The Bertz CT molecular complexity index is 546. The van der Waals surface area contributed by atoms with Crippen molar-refractivity contribution in [1.82, 2.24) is 4.72 Å². The Hall–Kier alpha value is -0.690. The molecule has 0 saturated heterocycles. The minimum absolute atomic E-state index is 0.108. The summed E-state index contributed by atoms with van der Waals surface area (Å²) in [4.78, 5) is 0. The lowest BCUT2D eigenvalue weighted by molar-refractivity contribution is 0.163. The molecular weight excluding hydrogens is 293 g/mol. The Balaban J connectivity index is 2.72. The topological polar surface area (TPSA) is 66.4 Å². The van der Waals surface area contributed by atoms with Gasteiger partial charge in [0, 0.05) is 18.6 Å². The van der Waals surface area contributed by atoms with E-state index >= 15 is 0 Å². The average Bonchev–Trinajstić information content (AvgIpc) is 2.32. The minimum Gasteiger partial charge on any atom is -0.396 e. The molecule has 0 bridgehead atoms. The predicted octanol–water partition coefficient (Wildman–Crippen LogP) is 1.92. The van der Waals surface area contributed by atoms with E-state index in [-0.39, 0.29) is 23.9 Å². The van der Waals surface area contributed by atoms with Gasteiger partial charge in [0.25, 0.3) is 0 Å². The number of hydrogen-bond donors (Lipinski definition) is 2. The zero-order valence-corrected chi connectivity index (χ0v) is 12.4. The number of sulfonamides is 1. The summed E-state index contributed by atoms with van der Waals surface area (Å²) in [7, 11) is -3.55. The number of aliphatic hydroxyl groups excluding tert-OH is 1. The second kappa shape index (κ2) is 6.17. The van der Waals surface area contributed by atoms with Gasteiger partial charge in [-0.1, -0.05) is 31.5 Å². The molecule has 1 rings (SSSR count). The molecule has 0 radical (unpaired) electrons. The summed E-state index contributed by atoms with van der Waals surface area (Å²) >= 11 is 5.59. The summed E-state index contributed by atoms with van der Waals surface area (Å²) < 4.78 is 39.0. The summed E-state index contributed by atoms with van der Waals surface area (Å²) in [5.41, 5.74) is -0.131. The van der Waals surface area contributed by atoms with Crippen molar-refractivity contribution >= 4 is 21.6 Å². The van der Waals surface area contributed by atoms with Crippen LogP contribution in [0.3, 0.4) is 0 Å². The summed E-state index contributed by atoms with van der Waals surface area (Å²) in [6, 6.07) is 3.79. The smallest absolute Gasteiger partial charge is 0.215 e. The van der Waals surface area contributed by atoms with Crippen molar-refractivity contribution in [2.24, 2.45) is 5.41 Å². The molecule has 0 aliphatic heterocycles.